The maximum absolute atomic E-state index is 11.8. The van der Waals surface area contributed by atoms with Crippen molar-refractivity contribution in [3.05, 3.63) is 65.2 Å². The van der Waals surface area contributed by atoms with Crippen LogP contribution < -0.4 is 10.2 Å². The van der Waals surface area contributed by atoms with Gasteiger partial charge in [-0.3, -0.25) is 4.79 Å². The van der Waals surface area contributed by atoms with Gasteiger partial charge in [0.1, 0.15) is 0 Å². The Bertz CT molecular complexity index is 707. The Morgan fingerprint density at radius 1 is 1.12 bits per heavy atom. The normalized spacial score (nSPS) is 10.2. The van der Waals surface area contributed by atoms with E-state index in [-0.39, 0.29) is 12.5 Å². The lowest BCUT2D eigenvalue weighted by Crippen LogP contribution is -2.31. The van der Waals surface area contributed by atoms with Gasteiger partial charge in [0.05, 0.1) is 5.56 Å². The van der Waals surface area contributed by atoms with E-state index in [0.717, 1.165) is 18.7 Å². The average Bonchev–Trinajstić information content (AvgIpc) is 2.63. The van der Waals surface area contributed by atoms with Gasteiger partial charge in [-0.2, -0.15) is 0 Å². The molecule has 0 aliphatic rings. The van der Waals surface area contributed by atoms with Crippen LogP contribution in [0.2, 0.25) is 5.02 Å². The molecule has 0 unspecified atom stereocenters. The van der Waals surface area contributed by atoms with Gasteiger partial charge < -0.3 is 15.0 Å². The molecule has 0 bridgehead atoms. The van der Waals surface area contributed by atoms with Crippen LogP contribution in [0.1, 0.15) is 16.8 Å². The van der Waals surface area contributed by atoms with Crippen molar-refractivity contribution < 1.29 is 14.3 Å². The Hall–Kier alpha value is -2.53. The lowest BCUT2D eigenvalue weighted by atomic mass is 10.2. The van der Waals surface area contributed by atoms with E-state index in [4.69, 9.17) is 16.3 Å². The number of rotatable bonds is 8. The summed E-state index contributed by atoms with van der Waals surface area (Å²) in [6.45, 7) is 1.02. The van der Waals surface area contributed by atoms with Crippen molar-refractivity contribution in [3.63, 3.8) is 0 Å². The number of hydrogen-bond acceptors (Lipinski definition) is 4. The zero-order valence-corrected chi connectivity index (χ0v) is 14.8. The topological polar surface area (TPSA) is 58.6 Å². The van der Waals surface area contributed by atoms with Gasteiger partial charge in [-0.15, -0.1) is 0 Å². The van der Waals surface area contributed by atoms with Crippen molar-refractivity contribution in [2.24, 2.45) is 0 Å². The Morgan fingerprint density at radius 3 is 2.60 bits per heavy atom. The highest BCUT2D eigenvalue weighted by Gasteiger charge is 2.10. The van der Waals surface area contributed by atoms with E-state index in [0.29, 0.717) is 17.1 Å². The number of amides is 1. The van der Waals surface area contributed by atoms with Crippen LogP contribution in [0.4, 0.5) is 5.69 Å². The lowest BCUT2D eigenvalue weighted by Gasteiger charge is -2.19. The first kappa shape index (κ1) is 18.8. The molecule has 0 aliphatic heterocycles. The summed E-state index contributed by atoms with van der Waals surface area (Å²) in [5, 5.41) is 3.18. The van der Waals surface area contributed by atoms with Crippen LogP contribution in [0.25, 0.3) is 0 Å². The summed E-state index contributed by atoms with van der Waals surface area (Å²) in [5.41, 5.74) is 1.45. The Labute approximate surface area is 152 Å². The second-order valence-corrected chi connectivity index (χ2v) is 5.98. The zero-order chi connectivity index (χ0) is 18.1. The number of benzene rings is 2. The van der Waals surface area contributed by atoms with E-state index in [1.54, 1.807) is 18.2 Å². The Kier molecular flexibility index (Phi) is 7.29. The van der Waals surface area contributed by atoms with Crippen molar-refractivity contribution in [2.75, 3.05) is 31.6 Å². The molecule has 6 heteroatoms. The molecule has 0 saturated heterocycles. The molecule has 1 N–H and O–H groups in total. The number of ether oxygens (including phenoxy) is 1. The van der Waals surface area contributed by atoms with Crippen LogP contribution in [0.5, 0.6) is 0 Å². The monoisotopic (exact) mass is 360 g/mol. The molecule has 132 valence electrons. The fraction of sp³-hybridized carbons (Fsp3) is 0.263. The third kappa shape index (κ3) is 6.47. The highest BCUT2D eigenvalue weighted by Crippen LogP contribution is 2.12. The van der Waals surface area contributed by atoms with Crippen molar-refractivity contribution in [1.29, 1.82) is 0 Å². The molecule has 0 fully saturated rings. The van der Waals surface area contributed by atoms with Crippen LogP contribution in [0.3, 0.4) is 0 Å². The molecule has 0 spiro atoms. The van der Waals surface area contributed by atoms with Gasteiger partial charge in [0.2, 0.25) is 0 Å². The molecule has 2 aromatic carbocycles. The molecule has 0 aromatic heterocycles. The summed E-state index contributed by atoms with van der Waals surface area (Å²) in [7, 11) is 2.00. The molecule has 0 radical (unpaired) electrons. The number of hydrogen-bond donors (Lipinski definition) is 1. The van der Waals surface area contributed by atoms with Gasteiger partial charge in [0.25, 0.3) is 5.91 Å². The highest BCUT2D eigenvalue weighted by atomic mass is 35.5. The number of esters is 1. The molecule has 1 amide bonds. The van der Waals surface area contributed by atoms with Gasteiger partial charge in [-0.25, -0.2) is 4.79 Å². The van der Waals surface area contributed by atoms with E-state index < -0.39 is 5.97 Å². The summed E-state index contributed by atoms with van der Waals surface area (Å²) in [6.07, 6.45) is 0.791. The highest BCUT2D eigenvalue weighted by molar-refractivity contribution is 6.30. The zero-order valence-electron chi connectivity index (χ0n) is 14.1. The standard InChI is InChI=1S/C19H21ClN2O3/c1-22(17-9-3-2-4-10-17)12-6-11-21-18(23)14-25-19(24)15-7-5-8-16(20)13-15/h2-5,7-10,13H,6,11-12,14H2,1H3,(H,21,23). The van der Waals surface area contributed by atoms with Crippen LogP contribution in [0, 0.1) is 0 Å². The van der Waals surface area contributed by atoms with E-state index in [1.807, 2.05) is 37.4 Å². The molecule has 0 aliphatic carbocycles. The minimum atomic E-state index is -0.568. The lowest BCUT2D eigenvalue weighted by molar-refractivity contribution is -0.124. The number of carbonyl (C=O) groups is 2. The summed E-state index contributed by atoms with van der Waals surface area (Å²) in [6, 6.07) is 16.4. The van der Waals surface area contributed by atoms with Crippen LogP contribution >= 0.6 is 11.6 Å². The van der Waals surface area contributed by atoms with E-state index in [9.17, 15) is 9.59 Å². The molecule has 2 aromatic rings. The summed E-state index contributed by atoms with van der Waals surface area (Å²) < 4.78 is 4.97. The molecule has 0 atom stereocenters. The number of nitrogens with zero attached hydrogens (tertiary/aromatic N) is 1. The smallest absolute Gasteiger partial charge is 0.338 e. The number of nitrogens with one attached hydrogen (secondary N) is 1. The summed E-state index contributed by atoms with van der Waals surface area (Å²) >= 11 is 5.81. The molecule has 0 heterocycles. The molecular weight excluding hydrogens is 340 g/mol. The van der Waals surface area contributed by atoms with Crippen LogP contribution in [0.15, 0.2) is 54.6 Å². The minimum absolute atomic E-state index is 0.306. The molecule has 0 saturated carbocycles. The van der Waals surface area contributed by atoms with Gasteiger partial charge in [-0.1, -0.05) is 35.9 Å². The number of halogens is 1. The van der Waals surface area contributed by atoms with E-state index >= 15 is 0 Å². The van der Waals surface area contributed by atoms with Gasteiger partial charge >= 0.3 is 5.97 Å². The van der Waals surface area contributed by atoms with Crippen molar-refractivity contribution in [3.8, 4) is 0 Å². The van der Waals surface area contributed by atoms with Gasteiger partial charge in [0, 0.05) is 30.8 Å². The second kappa shape index (κ2) is 9.69. The first-order chi connectivity index (χ1) is 12.1. The Balaban J connectivity index is 1.63. The van der Waals surface area contributed by atoms with Gasteiger partial charge in [-0.05, 0) is 36.8 Å². The fourth-order valence-corrected chi connectivity index (χ4v) is 2.43. The second-order valence-electron chi connectivity index (χ2n) is 5.55. The maximum atomic E-state index is 11.8. The average molecular weight is 361 g/mol. The van der Waals surface area contributed by atoms with Crippen molar-refractivity contribution in [2.45, 2.75) is 6.42 Å². The molecular formula is C19H21ClN2O3. The van der Waals surface area contributed by atoms with Crippen molar-refractivity contribution >= 4 is 29.2 Å². The van der Waals surface area contributed by atoms with E-state index in [2.05, 4.69) is 10.2 Å². The summed E-state index contributed by atoms with van der Waals surface area (Å²) in [4.78, 5) is 25.7. The number of para-hydroxylation sites is 1. The maximum Gasteiger partial charge on any atom is 0.338 e. The van der Waals surface area contributed by atoms with E-state index in [1.165, 1.54) is 6.07 Å². The van der Waals surface area contributed by atoms with Crippen LogP contribution in [-0.2, 0) is 9.53 Å². The predicted octanol–water partition coefficient (Wildman–Crippen LogP) is 3.14. The third-order valence-corrected chi connectivity index (χ3v) is 3.82. The minimum Gasteiger partial charge on any atom is -0.452 e. The number of anilines is 1. The SMILES string of the molecule is CN(CCCNC(=O)COC(=O)c1cccc(Cl)c1)c1ccccc1. The molecule has 25 heavy (non-hydrogen) atoms. The first-order valence-corrected chi connectivity index (χ1v) is 8.39. The fourth-order valence-electron chi connectivity index (χ4n) is 2.24. The third-order valence-electron chi connectivity index (χ3n) is 3.58. The predicted molar refractivity (Wildman–Crippen MR) is 99.1 cm³/mol. The number of carbonyl (C=O) groups excluding carboxylic acids is 2. The Morgan fingerprint density at radius 2 is 1.88 bits per heavy atom. The van der Waals surface area contributed by atoms with Gasteiger partial charge in [0.15, 0.2) is 6.61 Å². The quantitative estimate of drug-likeness (QED) is 0.580. The largest absolute Gasteiger partial charge is 0.452 e. The van der Waals surface area contributed by atoms with Crippen molar-refractivity contribution in [1.82, 2.24) is 5.32 Å². The first-order valence-electron chi connectivity index (χ1n) is 8.02. The molecule has 2 rings (SSSR count). The van der Waals surface area contributed by atoms with Crippen LogP contribution in [-0.4, -0.2) is 38.6 Å². The molecule has 5 nitrogen and oxygen atoms in total. The summed E-state index contributed by atoms with van der Waals surface area (Å²) in [5.74, 6) is -0.890.